The summed E-state index contributed by atoms with van der Waals surface area (Å²) in [7, 11) is 0. The SMILES string of the molecule is CSCCCCCCN1CCC(CN)C1. The third kappa shape index (κ3) is 5.79. The summed E-state index contributed by atoms with van der Waals surface area (Å²) >= 11 is 1.96. The average Bonchev–Trinajstić information content (AvgIpc) is 2.71. The van der Waals surface area contributed by atoms with Crippen molar-refractivity contribution in [2.75, 3.05) is 38.2 Å². The number of hydrogen-bond acceptors (Lipinski definition) is 3. The molecule has 1 fully saturated rings. The fraction of sp³-hybridized carbons (Fsp3) is 1.00. The molecule has 1 rings (SSSR count). The molecular weight excluding hydrogens is 204 g/mol. The van der Waals surface area contributed by atoms with Crippen LogP contribution < -0.4 is 5.73 Å². The highest BCUT2D eigenvalue weighted by Gasteiger charge is 2.19. The zero-order chi connectivity index (χ0) is 10.9. The summed E-state index contributed by atoms with van der Waals surface area (Å²) in [4.78, 5) is 2.59. The van der Waals surface area contributed by atoms with Gasteiger partial charge < -0.3 is 10.6 Å². The van der Waals surface area contributed by atoms with Gasteiger partial charge in [-0.1, -0.05) is 12.8 Å². The summed E-state index contributed by atoms with van der Waals surface area (Å²) in [6.45, 7) is 4.72. The fourth-order valence-electron chi connectivity index (χ4n) is 2.24. The van der Waals surface area contributed by atoms with E-state index in [-0.39, 0.29) is 0 Å². The molecule has 1 saturated heterocycles. The molecule has 1 atom stereocenters. The maximum Gasteiger partial charge on any atom is 0.00222 e. The Morgan fingerprint density at radius 2 is 2.07 bits per heavy atom. The molecule has 1 unspecified atom stereocenters. The molecular formula is C12H26N2S. The van der Waals surface area contributed by atoms with Crippen molar-refractivity contribution in [3.63, 3.8) is 0 Å². The van der Waals surface area contributed by atoms with Gasteiger partial charge in [-0.25, -0.2) is 0 Å². The predicted octanol–water partition coefficient (Wildman–Crippen LogP) is 2.19. The van der Waals surface area contributed by atoms with Gasteiger partial charge in [-0.3, -0.25) is 0 Å². The fourth-order valence-corrected chi connectivity index (χ4v) is 2.74. The van der Waals surface area contributed by atoms with Crippen LogP contribution in [0.5, 0.6) is 0 Å². The number of unbranched alkanes of at least 4 members (excludes halogenated alkanes) is 3. The molecule has 15 heavy (non-hydrogen) atoms. The van der Waals surface area contributed by atoms with E-state index in [1.54, 1.807) is 0 Å². The van der Waals surface area contributed by atoms with Gasteiger partial charge in [0.15, 0.2) is 0 Å². The third-order valence-corrected chi connectivity index (χ3v) is 3.97. The Morgan fingerprint density at radius 1 is 1.27 bits per heavy atom. The van der Waals surface area contributed by atoms with Crippen LogP contribution in [-0.4, -0.2) is 43.1 Å². The number of nitrogens with zero attached hydrogens (tertiary/aromatic N) is 1. The van der Waals surface area contributed by atoms with Crippen molar-refractivity contribution >= 4 is 11.8 Å². The number of likely N-dealkylation sites (tertiary alicyclic amines) is 1. The summed E-state index contributed by atoms with van der Waals surface area (Å²) < 4.78 is 0. The molecule has 0 aliphatic carbocycles. The molecule has 3 heteroatoms. The van der Waals surface area contributed by atoms with Crippen LogP contribution in [0.1, 0.15) is 32.1 Å². The van der Waals surface area contributed by atoms with Gasteiger partial charge >= 0.3 is 0 Å². The van der Waals surface area contributed by atoms with Gasteiger partial charge in [-0.2, -0.15) is 11.8 Å². The maximum absolute atomic E-state index is 5.68. The van der Waals surface area contributed by atoms with Crippen LogP contribution in [0.2, 0.25) is 0 Å². The van der Waals surface area contributed by atoms with E-state index in [0.717, 1.165) is 12.5 Å². The van der Waals surface area contributed by atoms with E-state index in [9.17, 15) is 0 Å². The molecule has 0 saturated carbocycles. The molecule has 0 radical (unpaired) electrons. The van der Waals surface area contributed by atoms with Gasteiger partial charge in [-0.05, 0) is 56.8 Å². The van der Waals surface area contributed by atoms with Crippen LogP contribution in [-0.2, 0) is 0 Å². The van der Waals surface area contributed by atoms with Gasteiger partial charge in [-0.15, -0.1) is 0 Å². The number of nitrogens with two attached hydrogens (primary N) is 1. The molecule has 90 valence electrons. The zero-order valence-corrected chi connectivity index (χ0v) is 10.9. The Kier molecular flexibility index (Phi) is 7.49. The van der Waals surface area contributed by atoms with Crippen LogP contribution in [0.4, 0.5) is 0 Å². The summed E-state index contributed by atoms with van der Waals surface area (Å²) in [5, 5.41) is 0. The van der Waals surface area contributed by atoms with Crippen LogP contribution in [0.25, 0.3) is 0 Å². The van der Waals surface area contributed by atoms with Crippen LogP contribution in [0, 0.1) is 5.92 Å². The second kappa shape index (κ2) is 8.43. The van der Waals surface area contributed by atoms with Crippen molar-refractivity contribution in [2.45, 2.75) is 32.1 Å². The van der Waals surface area contributed by atoms with Crippen LogP contribution >= 0.6 is 11.8 Å². The number of thioether (sulfide) groups is 1. The summed E-state index contributed by atoms with van der Waals surface area (Å²) in [5.74, 6) is 2.11. The lowest BCUT2D eigenvalue weighted by molar-refractivity contribution is 0.316. The molecule has 1 aliphatic rings. The smallest absolute Gasteiger partial charge is 0.00222 e. The lowest BCUT2D eigenvalue weighted by Gasteiger charge is -2.15. The van der Waals surface area contributed by atoms with Crippen molar-refractivity contribution in [1.82, 2.24) is 4.90 Å². The quantitative estimate of drug-likeness (QED) is 0.648. The minimum Gasteiger partial charge on any atom is -0.330 e. The van der Waals surface area contributed by atoms with Gasteiger partial charge in [0.05, 0.1) is 0 Å². The minimum absolute atomic E-state index is 0.779. The van der Waals surface area contributed by atoms with Crippen molar-refractivity contribution in [3.8, 4) is 0 Å². The van der Waals surface area contributed by atoms with Crippen molar-refractivity contribution in [3.05, 3.63) is 0 Å². The minimum atomic E-state index is 0.779. The van der Waals surface area contributed by atoms with Gasteiger partial charge in [0.25, 0.3) is 0 Å². The topological polar surface area (TPSA) is 29.3 Å². The normalized spacial score (nSPS) is 22.4. The van der Waals surface area contributed by atoms with E-state index in [1.807, 2.05) is 11.8 Å². The molecule has 0 amide bonds. The predicted molar refractivity (Wildman–Crippen MR) is 70.5 cm³/mol. The van der Waals surface area contributed by atoms with E-state index in [2.05, 4.69) is 11.2 Å². The maximum atomic E-state index is 5.68. The van der Waals surface area contributed by atoms with Crippen LogP contribution in [0.15, 0.2) is 0 Å². The van der Waals surface area contributed by atoms with E-state index < -0.39 is 0 Å². The third-order valence-electron chi connectivity index (χ3n) is 3.28. The Balaban J connectivity index is 1.88. The summed E-state index contributed by atoms with van der Waals surface area (Å²) in [6.07, 6.45) is 9.11. The summed E-state index contributed by atoms with van der Waals surface area (Å²) in [6, 6.07) is 0. The first-order chi connectivity index (χ1) is 7.36. The highest BCUT2D eigenvalue weighted by molar-refractivity contribution is 7.98. The largest absolute Gasteiger partial charge is 0.330 e. The lowest BCUT2D eigenvalue weighted by Crippen LogP contribution is -2.24. The first-order valence-corrected chi connectivity index (χ1v) is 7.67. The second-order valence-electron chi connectivity index (χ2n) is 4.60. The van der Waals surface area contributed by atoms with Crippen LogP contribution in [0.3, 0.4) is 0 Å². The Labute approximate surface area is 99.0 Å². The highest BCUT2D eigenvalue weighted by atomic mass is 32.2. The van der Waals surface area contributed by atoms with Gasteiger partial charge in [0.2, 0.25) is 0 Å². The standard InChI is InChI=1S/C12H26N2S/c1-15-9-5-3-2-4-7-14-8-6-12(10-13)11-14/h12H,2-11,13H2,1H3. The Hall–Kier alpha value is 0.270. The molecule has 1 aliphatic heterocycles. The molecule has 0 aromatic rings. The van der Waals surface area contributed by atoms with Crippen molar-refractivity contribution in [2.24, 2.45) is 11.7 Å². The highest BCUT2D eigenvalue weighted by Crippen LogP contribution is 2.15. The summed E-state index contributed by atoms with van der Waals surface area (Å²) in [5.41, 5.74) is 5.68. The first kappa shape index (κ1) is 13.3. The van der Waals surface area contributed by atoms with Crippen molar-refractivity contribution < 1.29 is 0 Å². The molecule has 0 aromatic carbocycles. The zero-order valence-electron chi connectivity index (χ0n) is 10.1. The monoisotopic (exact) mass is 230 g/mol. The molecule has 2 N–H and O–H groups in total. The molecule has 0 spiro atoms. The average molecular weight is 230 g/mol. The molecule has 0 bridgehead atoms. The Morgan fingerprint density at radius 3 is 2.73 bits per heavy atom. The van der Waals surface area contributed by atoms with Gasteiger partial charge in [0.1, 0.15) is 0 Å². The molecule has 2 nitrogen and oxygen atoms in total. The van der Waals surface area contributed by atoms with E-state index in [4.69, 9.17) is 5.73 Å². The second-order valence-corrected chi connectivity index (χ2v) is 5.58. The Bertz CT molecular complexity index is 153. The molecule has 0 aromatic heterocycles. The van der Waals surface area contributed by atoms with E-state index in [1.165, 1.54) is 57.5 Å². The first-order valence-electron chi connectivity index (χ1n) is 6.28. The van der Waals surface area contributed by atoms with E-state index >= 15 is 0 Å². The van der Waals surface area contributed by atoms with E-state index in [0.29, 0.717) is 0 Å². The molecule has 1 heterocycles. The number of hydrogen-bond donors (Lipinski definition) is 1. The number of rotatable bonds is 8. The lowest BCUT2D eigenvalue weighted by atomic mass is 10.1. The van der Waals surface area contributed by atoms with Crippen molar-refractivity contribution in [1.29, 1.82) is 0 Å². The van der Waals surface area contributed by atoms with Gasteiger partial charge in [0, 0.05) is 6.54 Å².